The first kappa shape index (κ1) is 14.9. The van der Waals surface area contributed by atoms with Gasteiger partial charge in [-0.1, -0.05) is 6.08 Å². The number of nitrogens with zero attached hydrogens (tertiary/aromatic N) is 2. The maximum Gasteiger partial charge on any atom is 0.264 e. The summed E-state index contributed by atoms with van der Waals surface area (Å²) in [5, 5.41) is 3.22. The summed E-state index contributed by atoms with van der Waals surface area (Å²) in [6.45, 7) is 1.46. The normalized spacial score (nSPS) is 17.8. The van der Waals surface area contributed by atoms with E-state index in [1.165, 1.54) is 29.5 Å². The van der Waals surface area contributed by atoms with Crippen molar-refractivity contribution in [3.8, 4) is 0 Å². The third-order valence-electron chi connectivity index (χ3n) is 5.20. The van der Waals surface area contributed by atoms with Gasteiger partial charge in [0.25, 0.3) is 5.91 Å². The minimum atomic E-state index is 0.202. The van der Waals surface area contributed by atoms with Gasteiger partial charge in [-0.15, -0.1) is 11.3 Å². The molecule has 1 aliphatic heterocycles. The van der Waals surface area contributed by atoms with Crippen LogP contribution in [0.15, 0.2) is 42.0 Å². The van der Waals surface area contributed by atoms with Crippen molar-refractivity contribution < 1.29 is 4.79 Å². The Morgan fingerprint density at radius 2 is 2.24 bits per heavy atom. The number of fused-ring (bicyclic) bond motifs is 1. The fourth-order valence-corrected chi connectivity index (χ4v) is 4.62. The summed E-state index contributed by atoms with van der Waals surface area (Å²) >= 11 is 1.59. The van der Waals surface area contributed by atoms with Crippen molar-refractivity contribution in [3.63, 3.8) is 0 Å². The molecule has 3 aromatic rings. The van der Waals surface area contributed by atoms with E-state index in [0.29, 0.717) is 12.5 Å². The van der Waals surface area contributed by atoms with Crippen LogP contribution >= 0.6 is 11.3 Å². The van der Waals surface area contributed by atoms with Crippen LogP contribution in [0.25, 0.3) is 16.6 Å². The quantitative estimate of drug-likeness (QED) is 0.760. The fraction of sp³-hybridized carbons (Fsp3) is 0.300. The molecular weight excluding hydrogens is 330 g/mol. The first-order valence-electron chi connectivity index (χ1n) is 8.79. The van der Waals surface area contributed by atoms with Gasteiger partial charge in [0.1, 0.15) is 5.65 Å². The monoisotopic (exact) mass is 349 g/mol. The average Bonchev–Trinajstić information content (AvgIpc) is 3.23. The van der Waals surface area contributed by atoms with E-state index in [1.54, 1.807) is 17.5 Å². The summed E-state index contributed by atoms with van der Waals surface area (Å²) in [5.74, 6) is 0.826. The predicted octanol–water partition coefficient (Wildman–Crippen LogP) is 4.43. The summed E-state index contributed by atoms with van der Waals surface area (Å²) in [6, 6.07) is 6.20. The van der Waals surface area contributed by atoms with Crippen molar-refractivity contribution in [2.24, 2.45) is 0 Å². The summed E-state index contributed by atoms with van der Waals surface area (Å²) in [5.41, 5.74) is 4.71. The lowest BCUT2D eigenvalue weighted by molar-refractivity contribution is 0.0776. The smallest absolute Gasteiger partial charge is 0.264 e. The van der Waals surface area contributed by atoms with Crippen molar-refractivity contribution in [3.05, 3.63) is 58.1 Å². The summed E-state index contributed by atoms with van der Waals surface area (Å²) in [7, 11) is 0. The summed E-state index contributed by atoms with van der Waals surface area (Å²) < 4.78 is 0. The molecule has 126 valence electrons. The highest BCUT2D eigenvalue weighted by atomic mass is 32.1. The number of aromatic amines is 1. The largest absolute Gasteiger partial charge is 0.346 e. The Kier molecular flexibility index (Phi) is 3.48. The van der Waals surface area contributed by atoms with Crippen LogP contribution < -0.4 is 0 Å². The molecule has 1 saturated carbocycles. The third kappa shape index (κ3) is 2.59. The molecule has 2 aliphatic rings. The molecule has 0 aromatic carbocycles. The zero-order valence-electron chi connectivity index (χ0n) is 13.9. The molecule has 1 N–H and O–H groups in total. The van der Waals surface area contributed by atoms with Crippen LogP contribution in [0.4, 0.5) is 0 Å². The first-order chi connectivity index (χ1) is 12.3. The Bertz CT molecular complexity index is 980. The highest BCUT2D eigenvalue weighted by molar-refractivity contribution is 7.12. The second kappa shape index (κ2) is 5.85. The van der Waals surface area contributed by atoms with Gasteiger partial charge < -0.3 is 9.88 Å². The highest BCUT2D eigenvalue weighted by Crippen LogP contribution is 2.43. The fourth-order valence-electron chi connectivity index (χ4n) is 3.67. The molecule has 5 rings (SSSR count). The Balaban J connectivity index is 1.38. The Hall–Kier alpha value is -2.40. The van der Waals surface area contributed by atoms with Gasteiger partial charge in [0, 0.05) is 36.4 Å². The van der Waals surface area contributed by atoms with E-state index in [2.05, 4.69) is 33.6 Å². The number of thiophene rings is 1. The molecule has 3 aromatic heterocycles. The zero-order valence-corrected chi connectivity index (χ0v) is 14.7. The van der Waals surface area contributed by atoms with Gasteiger partial charge in [0.15, 0.2) is 0 Å². The number of H-pyrrole nitrogens is 1. The minimum absolute atomic E-state index is 0.202. The van der Waals surface area contributed by atoms with Crippen molar-refractivity contribution in [1.29, 1.82) is 0 Å². The van der Waals surface area contributed by atoms with Crippen molar-refractivity contribution in [2.75, 3.05) is 13.1 Å². The maximum absolute atomic E-state index is 12.9. The molecule has 1 fully saturated rings. The number of rotatable bonds is 3. The molecule has 0 unspecified atom stereocenters. The highest BCUT2D eigenvalue weighted by Gasteiger charge is 2.31. The number of carbonyl (C=O) groups is 1. The van der Waals surface area contributed by atoms with Gasteiger partial charge >= 0.3 is 0 Å². The molecule has 4 nitrogen and oxygen atoms in total. The minimum Gasteiger partial charge on any atom is -0.346 e. The number of amides is 1. The van der Waals surface area contributed by atoms with E-state index in [0.717, 1.165) is 28.9 Å². The number of hydrogen-bond acceptors (Lipinski definition) is 3. The average molecular weight is 349 g/mol. The van der Waals surface area contributed by atoms with Crippen LogP contribution in [0.5, 0.6) is 0 Å². The lowest BCUT2D eigenvalue weighted by Crippen LogP contribution is -2.34. The van der Waals surface area contributed by atoms with Crippen LogP contribution in [0.1, 0.15) is 46.0 Å². The van der Waals surface area contributed by atoms with Crippen LogP contribution in [-0.4, -0.2) is 33.9 Å². The topological polar surface area (TPSA) is 49.0 Å². The Morgan fingerprint density at radius 1 is 1.32 bits per heavy atom. The van der Waals surface area contributed by atoms with E-state index in [9.17, 15) is 4.79 Å². The van der Waals surface area contributed by atoms with Crippen LogP contribution in [0.2, 0.25) is 0 Å². The standard InChI is InChI=1S/C20H19N3OS/c24-20(18-15(7-11-25-18)13-3-4-13)23-9-5-14(6-10-23)17-12-22-19-16(17)2-1-8-21-19/h1-2,5,7-8,11-13H,3-4,6,9-10H2,(H,21,22). The van der Waals surface area contributed by atoms with Crippen molar-refractivity contribution >= 4 is 33.9 Å². The van der Waals surface area contributed by atoms with Gasteiger partial charge in [-0.05, 0) is 59.9 Å². The number of nitrogens with one attached hydrogen (secondary N) is 1. The SMILES string of the molecule is O=C(c1sccc1C1CC1)N1CC=C(c2c[nH]c3ncccc23)CC1. The van der Waals surface area contributed by atoms with E-state index in [4.69, 9.17) is 0 Å². The molecule has 25 heavy (non-hydrogen) atoms. The molecule has 0 saturated heterocycles. The molecule has 1 aliphatic carbocycles. The van der Waals surface area contributed by atoms with Crippen molar-refractivity contribution in [2.45, 2.75) is 25.2 Å². The van der Waals surface area contributed by atoms with E-state index >= 15 is 0 Å². The van der Waals surface area contributed by atoms with Crippen LogP contribution in [0, 0.1) is 0 Å². The molecule has 0 radical (unpaired) electrons. The molecule has 0 atom stereocenters. The number of hydrogen-bond donors (Lipinski definition) is 1. The molecule has 4 heterocycles. The number of pyridine rings is 1. The molecule has 1 amide bonds. The van der Waals surface area contributed by atoms with Gasteiger partial charge in [-0.2, -0.15) is 0 Å². The Labute approximate surface area is 150 Å². The second-order valence-electron chi connectivity index (χ2n) is 6.81. The lowest BCUT2D eigenvalue weighted by Gasteiger charge is -2.26. The zero-order chi connectivity index (χ0) is 16.8. The number of carbonyl (C=O) groups excluding carboxylic acids is 1. The van der Waals surface area contributed by atoms with E-state index in [-0.39, 0.29) is 5.91 Å². The third-order valence-corrected chi connectivity index (χ3v) is 6.12. The second-order valence-corrected chi connectivity index (χ2v) is 7.73. The predicted molar refractivity (Wildman–Crippen MR) is 101 cm³/mol. The molecular formula is C20H19N3OS. The van der Waals surface area contributed by atoms with Crippen LogP contribution in [-0.2, 0) is 0 Å². The van der Waals surface area contributed by atoms with Gasteiger partial charge in [0.05, 0.1) is 4.88 Å². The van der Waals surface area contributed by atoms with Crippen LogP contribution in [0.3, 0.4) is 0 Å². The van der Waals surface area contributed by atoms with Gasteiger partial charge in [0.2, 0.25) is 0 Å². The van der Waals surface area contributed by atoms with E-state index in [1.807, 2.05) is 17.2 Å². The van der Waals surface area contributed by atoms with Gasteiger partial charge in [-0.3, -0.25) is 4.79 Å². The first-order valence-corrected chi connectivity index (χ1v) is 9.67. The lowest BCUT2D eigenvalue weighted by atomic mass is 9.99. The van der Waals surface area contributed by atoms with Gasteiger partial charge in [-0.25, -0.2) is 4.98 Å². The molecule has 5 heteroatoms. The molecule has 0 bridgehead atoms. The maximum atomic E-state index is 12.9. The number of aromatic nitrogens is 2. The summed E-state index contributed by atoms with van der Waals surface area (Å²) in [6.07, 6.45) is 9.38. The molecule has 0 spiro atoms. The van der Waals surface area contributed by atoms with Crippen molar-refractivity contribution in [1.82, 2.24) is 14.9 Å². The Morgan fingerprint density at radius 3 is 3.04 bits per heavy atom. The van der Waals surface area contributed by atoms with E-state index < -0.39 is 0 Å². The summed E-state index contributed by atoms with van der Waals surface area (Å²) in [4.78, 5) is 23.4.